The highest BCUT2D eigenvalue weighted by molar-refractivity contribution is 14.0. The zero-order valence-corrected chi connectivity index (χ0v) is 16.7. The third-order valence-corrected chi connectivity index (χ3v) is 4.55. The summed E-state index contributed by atoms with van der Waals surface area (Å²) in [5.41, 5.74) is 0. The highest BCUT2D eigenvalue weighted by Gasteiger charge is 2.28. The number of aliphatic imine (C=N–C) groups is 1. The van der Waals surface area contributed by atoms with Crippen LogP contribution in [0.4, 0.5) is 0 Å². The van der Waals surface area contributed by atoms with E-state index >= 15 is 0 Å². The Morgan fingerprint density at radius 2 is 2.29 bits per heavy atom. The van der Waals surface area contributed by atoms with Crippen LogP contribution < -0.4 is 5.32 Å². The molecule has 0 bridgehead atoms. The van der Waals surface area contributed by atoms with Gasteiger partial charge in [0.2, 0.25) is 0 Å². The van der Waals surface area contributed by atoms with Gasteiger partial charge in [-0.2, -0.15) is 5.10 Å². The molecule has 1 aliphatic heterocycles. The lowest BCUT2D eigenvalue weighted by molar-refractivity contribution is 0.189. The summed E-state index contributed by atoms with van der Waals surface area (Å²) in [6.07, 6.45) is 8.48. The van der Waals surface area contributed by atoms with Crippen LogP contribution in [0.1, 0.15) is 25.2 Å². The molecule has 1 saturated heterocycles. The molecule has 1 fully saturated rings. The minimum atomic E-state index is 0. The number of halogens is 1. The molecule has 132 valence electrons. The van der Waals surface area contributed by atoms with E-state index in [9.17, 15) is 0 Å². The first-order valence-corrected chi connectivity index (χ1v) is 7.95. The normalized spacial score (nSPS) is 21.5. The van der Waals surface area contributed by atoms with Crippen LogP contribution in [0.5, 0.6) is 0 Å². The fraction of sp³-hybridized carbons (Fsp3) is 0.600. The monoisotopic (exact) mass is 444 g/mol. The molecule has 0 saturated carbocycles. The Labute approximate surface area is 159 Å². The van der Waals surface area contributed by atoms with Crippen molar-refractivity contribution in [3.05, 3.63) is 30.9 Å². The van der Waals surface area contributed by atoms with Crippen molar-refractivity contribution in [2.45, 2.75) is 25.9 Å². The van der Waals surface area contributed by atoms with Gasteiger partial charge in [0, 0.05) is 39.6 Å². The zero-order valence-electron chi connectivity index (χ0n) is 14.3. The molecule has 0 aliphatic carbocycles. The van der Waals surface area contributed by atoms with Gasteiger partial charge in [-0.1, -0.05) is 6.92 Å². The molecule has 0 radical (unpaired) electrons. The third-order valence-electron chi connectivity index (χ3n) is 4.55. The van der Waals surface area contributed by atoms with Crippen LogP contribution in [-0.4, -0.2) is 55.3 Å². The molecule has 2 aromatic heterocycles. The van der Waals surface area contributed by atoms with Gasteiger partial charge in [-0.25, -0.2) is 9.97 Å². The van der Waals surface area contributed by atoms with Crippen LogP contribution in [0.2, 0.25) is 0 Å². The second kappa shape index (κ2) is 8.45. The summed E-state index contributed by atoms with van der Waals surface area (Å²) in [5, 5.41) is 7.48. The number of nitrogens with zero attached hydrogens (tertiary/aromatic N) is 7. The van der Waals surface area contributed by atoms with Gasteiger partial charge in [0.1, 0.15) is 12.2 Å². The summed E-state index contributed by atoms with van der Waals surface area (Å²) in [4.78, 5) is 15.2. The van der Waals surface area contributed by atoms with E-state index < -0.39 is 0 Å². The largest absolute Gasteiger partial charge is 0.349 e. The molecule has 1 aliphatic rings. The molecule has 24 heavy (non-hydrogen) atoms. The van der Waals surface area contributed by atoms with Crippen molar-refractivity contribution >= 4 is 29.9 Å². The van der Waals surface area contributed by atoms with Gasteiger partial charge in [-0.05, 0) is 12.3 Å². The van der Waals surface area contributed by atoms with Crippen LogP contribution >= 0.6 is 24.0 Å². The first-order chi connectivity index (χ1) is 11.2. The number of likely N-dealkylation sites (tertiary alicyclic amines) is 1. The maximum Gasteiger partial charge on any atom is 0.194 e. The summed E-state index contributed by atoms with van der Waals surface area (Å²) < 4.78 is 3.97. The Morgan fingerprint density at radius 3 is 2.92 bits per heavy atom. The number of piperidine rings is 1. The van der Waals surface area contributed by atoms with Crippen LogP contribution in [0, 0.1) is 5.92 Å². The summed E-state index contributed by atoms with van der Waals surface area (Å²) in [6.45, 7) is 4.85. The minimum absolute atomic E-state index is 0. The Morgan fingerprint density at radius 1 is 1.46 bits per heavy atom. The van der Waals surface area contributed by atoms with E-state index in [0.29, 0.717) is 18.5 Å². The summed E-state index contributed by atoms with van der Waals surface area (Å²) >= 11 is 0. The molecular weight excluding hydrogens is 419 g/mol. The Balaban J connectivity index is 0.00000208. The second-order valence-electron chi connectivity index (χ2n) is 5.99. The number of rotatable bonds is 3. The average Bonchev–Trinajstić information content (AvgIpc) is 3.21. The number of aromatic nitrogens is 5. The highest BCUT2D eigenvalue weighted by atomic mass is 127. The summed E-state index contributed by atoms with van der Waals surface area (Å²) in [7, 11) is 3.72. The molecule has 9 heteroatoms. The van der Waals surface area contributed by atoms with E-state index in [4.69, 9.17) is 0 Å². The maximum atomic E-state index is 4.43. The predicted octanol–water partition coefficient (Wildman–Crippen LogP) is 1.29. The Hall–Kier alpha value is -1.65. The minimum Gasteiger partial charge on any atom is -0.349 e. The lowest BCUT2D eigenvalue weighted by Crippen LogP contribution is -2.48. The van der Waals surface area contributed by atoms with E-state index in [-0.39, 0.29) is 24.0 Å². The molecule has 8 nitrogen and oxygen atoms in total. The van der Waals surface area contributed by atoms with Crippen molar-refractivity contribution in [2.75, 3.05) is 20.1 Å². The second-order valence-corrected chi connectivity index (χ2v) is 5.99. The smallest absolute Gasteiger partial charge is 0.194 e. The number of hydrogen-bond acceptors (Lipinski definition) is 4. The van der Waals surface area contributed by atoms with Gasteiger partial charge in [0.15, 0.2) is 5.96 Å². The number of hydrogen-bond donors (Lipinski definition) is 1. The SMILES string of the molecule is CN=C(NCc1ncnn1C)N1CCC(C)C(n2ccnc2)C1.I. The first kappa shape index (κ1) is 18.7. The Kier molecular flexibility index (Phi) is 6.58. The van der Waals surface area contributed by atoms with Crippen LogP contribution in [0.15, 0.2) is 30.0 Å². The Bertz CT molecular complexity index is 650. The molecule has 3 heterocycles. The molecule has 1 N–H and O–H groups in total. The van der Waals surface area contributed by atoms with Gasteiger partial charge < -0.3 is 14.8 Å². The van der Waals surface area contributed by atoms with E-state index in [1.165, 1.54) is 0 Å². The lowest BCUT2D eigenvalue weighted by Gasteiger charge is -2.39. The lowest BCUT2D eigenvalue weighted by atomic mass is 9.93. The van der Waals surface area contributed by atoms with E-state index in [2.05, 4.69) is 41.8 Å². The molecule has 2 atom stereocenters. The van der Waals surface area contributed by atoms with Crippen LogP contribution in [0.25, 0.3) is 0 Å². The summed E-state index contributed by atoms with van der Waals surface area (Å²) in [5.74, 6) is 2.42. The number of nitrogens with one attached hydrogen (secondary N) is 1. The fourth-order valence-electron chi connectivity index (χ4n) is 3.07. The quantitative estimate of drug-likeness (QED) is 0.439. The van der Waals surface area contributed by atoms with Gasteiger partial charge in [0.25, 0.3) is 0 Å². The predicted molar refractivity (Wildman–Crippen MR) is 103 cm³/mol. The number of aryl methyl sites for hydroxylation is 1. The molecule has 0 spiro atoms. The van der Waals surface area contributed by atoms with Crippen molar-refractivity contribution in [1.82, 2.24) is 34.5 Å². The highest BCUT2D eigenvalue weighted by Crippen LogP contribution is 2.27. The van der Waals surface area contributed by atoms with Crippen molar-refractivity contribution < 1.29 is 0 Å². The molecule has 2 aromatic rings. The molecule has 0 amide bonds. The molecule has 0 aromatic carbocycles. The van der Waals surface area contributed by atoms with Crippen LogP contribution in [0.3, 0.4) is 0 Å². The zero-order chi connectivity index (χ0) is 16.2. The van der Waals surface area contributed by atoms with E-state index in [1.807, 2.05) is 32.8 Å². The third kappa shape index (κ3) is 4.05. The molecular formula is C15H25IN8. The van der Waals surface area contributed by atoms with Gasteiger partial charge in [-0.3, -0.25) is 9.67 Å². The molecule has 2 unspecified atom stereocenters. The number of imidazole rings is 1. The van der Waals surface area contributed by atoms with Gasteiger partial charge >= 0.3 is 0 Å². The summed E-state index contributed by atoms with van der Waals surface area (Å²) in [6, 6.07) is 0.416. The van der Waals surface area contributed by atoms with Crippen molar-refractivity contribution in [2.24, 2.45) is 18.0 Å². The van der Waals surface area contributed by atoms with Gasteiger partial charge in [0.05, 0.1) is 18.9 Å². The van der Waals surface area contributed by atoms with Crippen molar-refractivity contribution in [3.63, 3.8) is 0 Å². The molecule has 3 rings (SSSR count). The fourth-order valence-corrected chi connectivity index (χ4v) is 3.07. The van der Waals surface area contributed by atoms with E-state index in [0.717, 1.165) is 31.3 Å². The van der Waals surface area contributed by atoms with Crippen molar-refractivity contribution in [1.29, 1.82) is 0 Å². The topological polar surface area (TPSA) is 76.2 Å². The maximum absolute atomic E-state index is 4.43. The standard InChI is InChI=1S/C15H24N8.HI/c1-12-4-6-22(9-13(12)23-7-5-17-11-23)15(16-2)18-8-14-19-10-20-21(14)3;/h5,7,10-13H,4,6,8-9H2,1-3H3,(H,16,18);1H. The van der Waals surface area contributed by atoms with E-state index in [1.54, 1.807) is 11.0 Å². The number of guanidine groups is 1. The van der Waals surface area contributed by atoms with Crippen molar-refractivity contribution in [3.8, 4) is 0 Å². The average molecular weight is 444 g/mol. The first-order valence-electron chi connectivity index (χ1n) is 7.95. The van der Waals surface area contributed by atoms with Crippen LogP contribution in [-0.2, 0) is 13.6 Å². The van der Waals surface area contributed by atoms with Gasteiger partial charge in [-0.15, -0.1) is 24.0 Å².